The zero-order chi connectivity index (χ0) is 13.9. The van der Waals surface area contributed by atoms with Crippen molar-refractivity contribution in [3.05, 3.63) is 66.5 Å². The Labute approximate surface area is 124 Å². The van der Waals surface area contributed by atoms with Gasteiger partial charge in [-0.05, 0) is 24.6 Å². The zero-order valence-electron chi connectivity index (χ0n) is 11.1. The van der Waals surface area contributed by atoms with E-state index in [1.54, 1.807) is 0 Å². The standard InChI is InChI=1S/C17H14N2S/c1-12-2-4-13(5-3-12)15-10-18-17(19-11-15)14-6-8-16(20)9-7-14/h2-11,20H,1H3. The first-order chi connectivity index (χ1) is 9.72. The van der Waals surface area contributed by atoms with Crippen LogP contribution in [0.1, 0.15) is 5.56 Å². The molecule has 3 rings (SSSR count). The highest BCUT2D eigenvalue weighted by molar-refractivity contribution is 7.80. The van der Waals surface area contributed by atoms with Crippen molar-refractivity contribution in [3.8, 4) is 22.5 Å². The second-order valence-electron chi connectivity index (χ2n) is 4.71. The maximum Gasteiger partial charge on any atom is 0.159 e. The third-order valence-electron chi connectivity index (χ3n) is 3.16. The lowest BCUT2D eigenvalue weighted by molar-refractivity contribution is 1.17. The maximum atomic E-state index is 4.44. The van der Waals surface area contributed by atoms with Gasteiger partial charge in [0.1, 0.15) is 0 Å². The fourth-order valence-corrected chi connectivity index (χ4v) is 2.13. The van der Waals surface area contributed by atoms with Crippen molar-refractivity contribution in [2.45, 2.75) is 11.8 Å². The normalized spacial score (nSPS) is 10.5. The van der Waals surface area contributed by atoms with Gasteiger partial charge in [-0.15, -0.1) is 12.6 Å². The maximum absolute atomic E-state index is 4.44. The lowest BCUT2D eigenvalue weighted by Gasteiger charge is -2.04. The molecule has 2 aromatic carbocycles. The summed E-state index contributed by atoms with van der Waals surface area (Å²) in [4.78, 5) is 9.82. The fourth-order valence-electron chi connectivity index (χ4n) is 1.98. The first-order valence-electron chi connectivity index (χ1n) is 6.41. The number of aromatic nitrogens is 2. The van der Waals surface area contributed by atoms with Crippen molar-refractivity contribution in [1.29, 1.82) is 0 Å². The van der Waals surface area contributed by atoms with Gasteiger partial charge in [0.05, 0.1) is 0 Å². The largest absolute Gasteiger partial charge is 0.236 e. The summed E-state index contributed by atoms with van der Waals surface area (Å²) in [7, 11) is 0. The number of hydrogen-bond donors (Lipinski definition) is 1. The lowest BCUT2D eigenvalue weighted by Crippen LogP contribution is -1.89. The van der Waals surface area contributed by atoms with Crippen LogP contribution in [0.15, 0.2) is 65.8 Å². The summed E-state index contributed by atoms with van der Waals surface area (Å²) in [6.07, 6.45) is 3.73. The Kier molecular flexibility index (Phi) is 3.52. The Hall–Kier alpha value is -2.13. The third-order valence-corrected chi connectivity index (χ3v) is 3.46. The van der Waals surface area contributed by atoms with E-state index < -0.39 is 0 Å². The summed E-state index contributed by atoms with van der Waals surface area (Å²) in [6.45, 7) is 2.08. The Bertz CT molecular complexity index is 637. The average Bonchev–Trinajstić information content (AvgIpc) is 2.49. The first-order valence-corrected chi connectivity index (χ1v) is 6.85. The number of thiol groups is 1. The molecule has 0 aliphatic heterocycles. The van der Waals surface area contributed by atoms with E-state index in [-0.39, 0.29) is 0 Å². The van der Waals surface area contributed by atoms with Crippen LogP contribution < -0.4 is 0 Å². The quantitative estimate of drug-likeness (QED) is 0.703. The minimum absolute atomic E-state index is 0.731. The van der Waals surface area contributed by atoms with Gasteiger partial charge in [-0.3, -0.25) is 0 Å². The molecule has 0 radical (unpaired) electrons. The molecule has 0 saturated carbocycles. The van der Waals surface area contributed by atoms with E-state index in [0.29, 0.717) is 0 Å². The Morgan fingerprint density at radius 2 is 1.25 bits per heavy atom. The average molecular weight is 278 g/mol. The second kappa shape index (κ2) is 5.47. The zero-order valence-corrected chi connectivity index (χ0v) is 12.0. The minimum Gasteiger partial charge on any atom is -0.236 e. The summed E-state index contributed by atoms with van der Waals surface area (Å²) in [6, 6.07) is 16.2. The van der Waals surface area contributed by atoms with Crippen LogP contribution in [-0.2, 0) is 0 Å². The molecule has 0 fully saturated rings. The predicted octanol–water partition coefficient (Wildman–Crippen LogP) is 4.41. The molecule has 0 aliphatic carbocycles. The highest BCUT2D eigenvalue weighted by atomic mass is 32.1. The van der Waals surface area contributed by atoms with Crippen LogP contribution in [0, 0.1) is 6.92 Å². The molecule has 1 heterocycles. The van der Waals surface area contributed by atoms with Crippen LogP contribution in [0.3, 0.4) is 0 Å². The summed E-state index contributed by atoms with van der Waals surface area (Å²) >= 11 is 4.28. The third kappa shape index (κ3) is 2.73. The van der Waals surface area contributed by atoms with Crippen molar-refractivity contribution in [2.24, 2.45) is 0 Å². The van der Waals surface area contributed by atoms with Gasteiger partial charge in [0.2, 0.25) is 0 Å². The van der Waals surface area contributed by atoms with Crippen LogP contribution in [0.4, 0.5) is 0 Å². The fraction of sp³-hybridized carbons (Fsp3) is 0.0588. The molecular formula is C17H14N2S. The number of benzene rings is 2. The molecule has 0 aliphatic rings. The molecule has 0 unspecified atom stereocenters. The van der Waals surface area contributed by atoms with Gasteiger partial charge in [-0.1, -0.05) is 42.0 Å². The van der Waals surface area contributed by atoms with Crippen LogP contribution in [-0.4, -0.2) is 9.97 Å². The molecule has 98 valence electrons. The van der Waals surface area contributed by atoms with E-state index in [4.69, 9.17) is 0 Å². The molecule has 0 bridgehead atoms. The Morgan fingerprint density at radius 1 is 0.700 bits per heavy atom. The van der Waals surface area contributed by atoms with E-state index in [1.807, 2.05) is 36.7 Å². The van der Waals surface area contributed by atoms with Crippen molar-refractivity contribution >= 4 is 12.6 Å². The topological polar surface area (TPSA) is 25.8 Å². The van der Waals surface area contributed by atoms with Crippen LogP contribution in [0.5, 0.6) is 0 Å². The summed E-state index contributed by atoms with van der Waals surface area (Å²) in [5, 5.41) is 0. The van der Waals surface area contributed by atoms with Gasteiger partial charge in [0, 0.05) is 28.4 Å². The molecule has 20 heavy (non-hydrogen) atoms. The Balaban J connectivity index is 1.91. The minimum atomic E-state index is 0.731. The molecule has 3 aromatic rings. The molecule has 0 amide bonds. The van der Waals surface area contributed by atoms with E-state index in [9.17, 15) is 0 Å². The SMILES string of the molecule is Cc1ccc(-c2cnc(-c3ccc(S)cc3)nc2)cc1. The first kappa shape index (κ1) is 12.9. The van der Waals surface area contributed by atoms with Crippen molar-refractivity contribution in [2.75, 3.05) is 0 Å². The van der Waals surface area contributed by atoms with Crippen LogP contribution in [0.25, 0.3) is 22.5 Å². The van der Waals surface area contributed by atoms with Crippen LogP contribution >= 0.6 is 12.6 Å². The van der Waals surface area contributed by atoms with Crippen LogP contribution in [0.2, 0.25) is 0 Å². The van der Waals surface area contributed by atoms with Crippen molar-refractivity contribution < 1.29 is 0 Å². The molecule has 3 heteroatoms. The van der Waals surface area contributed by atoms with E-state index in [2.05, 4.69) is 53.8 Å². The molecule has 0 N–H and O–H groups in total. The van der Waals surface area contributed by atoms with Gasteiger partial charge in [-0.2, -0.15) is 0 Å². The predicted molar refractivity (Wildman–Crippen MR) is 84.9 cm³/mol. The number of hydrogen-bond acceptors (Lipinski definition) is 3. The summed E-state index contributed by atoms with van der Waals surface area (Å²) in [5.74, 6) is 0.731. The molecule has 0 spiro atoms. The van der Waals surface area contributed by atoms with Gasteiger partial charge in [0.25, 0.3) is 0 Å². The van der Waals surface area contributed by atoms with E-state index in [0.717, 1.165) is 27.4 Å². The summed E-state index contributed by atoms with van der Waals surface area (Å²) in [5.41, 5.74) is 4.41. The highest BCUT2D eigenvalue weighted by Crippen LogP contribution is 2.21. The molecule has 0 saturated heterocycles. The van der Waals surface area contributed by atoms with E-state index >= 15 is 0 Å². The van der Waals surface area contributed by atoms with Crippen molar-refractivity contribution in [1.82, 2.24) is 9.97 Å². The second-order valence-corrected chi connectivity index (χ2v) is 5.22. The van der Waals surface area contributed by atoms with Crippen molar-refractivity contribution in [3.63, 3.8) is 0 Å². The highest BCUT2D eigenvalue weighted by Gasteiger charge is 2.03. The number of aryl methyl sites for hydroxylation is 1. The monoisotopic (exact) mass is 278 g/mol. The molecule has 2 nitrogen and oxygen atoms in total. The number of nitrogens with zero attached hydrogens (tertiary/aromatic N) is 2. The van der Waals surface area contributed by atoms with Gasteiger partial charge >= 0.3 is 0 Å². The Morgan fingerprint density at radius 3 is 1.85 bits per heavy atom. The van der Waals surface area contributed by atoms with E-state index in [1.165, 1.54) is 5.56 Å². The van der Waals surface area contributed by atoms with Gasteiger partial charge in [0.15, 0.2) is 5.82 Å². The van der Waals surface area contributed by atoms with Gasteiger partial charge < -0.3 is 0 Å². The molecular weight excluding hydrogens is 264 g/mol. The van der Waals surface area contributed by atoms with Gasteiger partial charge in [-0.25, -0.2) is 9.97 Å². The summed E-state index contributed by atoms with van der Waals surface area (Å²) < 4.78 is 0. The smallest absolute Gasteiger partial charge is 0.159 e. The molecule has 0 atom stereocenters. The number of rotatable bonds is 2. The molecule has 1 aromatic heterocycles. The lowest BCUT2D eigenvalue weighted by atomic mass is 10.1.